The first-order valence-electron chi connectivity index (χ1n) is 8.23. The second-order valence-electron chi connectivity index (χ2n) is 6.53. The van der Waals surface area contributed by atoms with Gasteiger partial charge in [0.2, 0.25) is 0 Å². The number of amides is 2. The van der Waals surface area contributed by atoms with E-state index < -0.39 is 5.60 Å². The van der Waals surface area contributed by atoms with E-state index in [1.165, 1.54) is 0 Å². The highest BCUT2D eigenvalue weighted by Crippen LogP contribution is 2.31. The van der Waals surface area contributed by atoms with Crippen LogP contribution >= 0.6 is 0 Å². The van der Waals surface area contributed by atoms with Crippen molar-refractivity contribution < 1.29 is 18.7 Å². The quantitative estimate of drug-likeness (QED) is 0.895. The molecule has 1 aliphatic carbocycles. The van der Waals surface area contributed by atoms with Crippen LogP contribution in [0.5, 0.6) is 0 Å². The number of ether oxygens (including phenoxy) is 1. The molecule has 0 radical (unpaired) electrons. The molecule has 1 N–H and O–H groups in total. The molecule has 2 aliphatic rings. The lowest BCUT2D eigenvalue weighted by Gasteiger charge is -2.39. The van der Waals surface area contributed by atoms with Crippen LogP contribution in [-0.4, -0.2) is 49.1 Å². The lowest BCUT2D eigenvalue weighted by molar-refractivity contribution is -0.153. The van der Waals surface area contributed by atoms with Crippen LogP contribution in [0.2, 0.25) is 0 Å². The maximum atomic E-state index is 13.0. The standard InChI is InChI=1S/C17H24N2O4/c1-11-14(12-6-4-5-7-13(12)23-11)15(20)19-8-9-22-17(2,10-19)16(21)18-3/h4-10H2,1-3H3,(H,18,21)/t17-/m1/s1. The summed E-state index contributed by atoms with van der Waals surface area (Å²) in [4.78, 5) is 26.8. The Morgan fingerprint density at radius 1 is 1.26 bits per heavy atom. The topological polar surface area (TPSA) is 71.8 Å². The minimum absolute atomic E-state index is 0.0483. The zero-order valence-electron chi connectivity index (χ0n) is 14.0. The summed E-state index contributed by atoms with van der Waals surface area (Å²) in [6.07, 6.45) is 4.00. The Labute approximate surface area is 136 Å². The third-order valence-corrected chi connectivity index (χ3v) is 4.83. The maximum Gasteiger partial charge on any atom is 0.257 e. The molecule has 2 amide bonds. The molecule has 126 valence electrons. The van der Waals surface area contributed by atoms with Gasteiger partial charge < -0.3 is 19.4 Å². The number of rotatable bonds is 2. The molecule has 3 rings (SSSR count). The molecule has 0 saturated carbocycles. The molecule has 1 atom stereocenters. The van der Waals surface area contributed by atoms with Crippen molar-refractivity contribution in [1.29, 1.82) is 0 Å². The van der Waals surface area contributed by atoms with E-state index in [0.29, 0.717) is 24.5 Å². The summed E-state index contributed by atoms with van der Waals surface area (Å²) in [5.74, 6) is 1.39. The zero-order valence-corrected chi connectivity index (χ0v) is 14.0. The number of carbonyl (C=O) groups is 2. The highest BCUT2D eigenvalue weighted by Gasteiger charge is 2.41. The monoisotopic (exact) mass is 320 g/mol. The second-order valence-corrected chi connectivity index (χ2v) is 6.53. The molecule has 1 saturated heterocycles. The van der Waals surface area contributed by atoms with Crippen molar-refractivity contribution in [3.63, 3.8) is 0 Å². The van der Waals surface area contributed by atoms with E-state index in [4.69, 9.17) is 9.15 Å². The van der Waals surface area contributed by atoms with Crippen molar-refractivity contribution in [2.75, 3.05) is 26.7 Å². The molecule has 23 heavy (non-hydrogen) atoms. The van der Waals surface area contributed by atoms with Crippen molar-refractivity contribution in [2.24, 2.45) is 0 Å². The Balaban J connectivity index is 1.86. The van der Waals surface area contributed by atoms with Crippen LogP contribution in [0.25, 0.3) is 0 Å². The van der Waals surface area contributed by atoms with Gasteiger partial charge in [0, 0.05) is 25.6 Å². The molecule has 1 fully saturated rings. The summed E-state index contributed by atoms with van der Waals surface area (Å²) >= 11 is 0. The van der Waals surface area contributed by atoms with Gasteiger partial charge >= 0.3 is 0 Å². The summed E-state index contributed by atoms with van der Waals surface area (Å²) in [5, 5.41) is 2.61. The number of aryl methyl sites for hydroxylation is 2. The number of morpholine rings is 1. The van der Waals surface area contributed by atoms with E-state index >= 15 is 0 Å². The summed E-state index contributed by atoms with van der Waals surface area (Å²) in [7, 11) is 1.58. The Morgan fingerprint density at radius 3 is 2.74 bits per heavy atom. The van der Waals surface area contributed by atoms with E-state index in [2.05, 4.69) is 5.32 Å². The van der Waals surface area contributed by atoms with E-state index in [9.17, 15) is 9.59 Å². The molecule has 6 heteroatoms. The molecule has 1 aromatic heterocycles. The van der Waals surface area contributed by atoms with Crippen molar-refractivity contribution in [3.05, 3.63) is 22.6 Å². The van der Waals surface area contributed by atoms with Crippen LogP contribution in [0, 0.1) is 6.92 Å². The van der Waals surface area contributed by atoms with Crippen LogP contribution in [-0.2, 0) is 22.4 Å². The number of likely N-dealkylation sites (N-methyl/N-ethyl adjacent to an activating group) is 1. The first kappa shape index (κ1) is 16.1. The SMILES string of the molecule is CNC(=O)[C@@]1(C)CN(C(=O)c2c(C)oc3c2CCCC3)CCO1. The van der Waals surface area contributed by atoms with Gasteiger partial charge in [0.1, 0.15) is 11.5 Å². The number of furan rings is 1. The van der Waals surface area contributed by atoms with Crippen LogP contribution in [0.1, 0.15) is 47.2 Å². The van der Waals surface area contributed by atoms with E-state index in [0.717, 1.165) is 37.0 Å². The summed E-state index contributed by atoms with van der Waals surface area (Å²) < 4.78 is 11.4. The van der Waals surface area contributed by atoms with Crippen LogP contribution in [0.4, 0.5) is 0 Å². The van der Waals surface area contributed by atoms with E-state index in [1.54, 1.807) is 18.9 Å². The minimum Gasteiger partial charge on any atom is -0.465 e. The number of hydrogen-bond acceptors (Lipinski definition) is 4. The minimum atomic E-state index is -1.000. The van der Waals surface area contributed by atoms with Crippen LogP contribution in [0.15, 0.2) is 4.42 Å². The van der Waals surface area contributed by atoms with Gasteiger partial charge in [-0.15, -0.1) is 0 Å². The van der Waals surface area contributed by atoms with Gasteiger partial charge in [-0.25, -0.2) is 0 Å². The molecule has 2 heterocycles. The predicted molar refractivity (Wildman–Crippen MR) is 84.4 cm³/mol. The number of carbonyl (C=O) groups excluding carboxylic acids is 2. The third-order valence-electron chi connectivity index (χ3n) is 4.83. The molecule has 0 bridgehead atoms. The number of nitrogens with one attached hydrogen (secondary N) is 1. The van der Waals surface area contributed by atoms with Gasteiger partial charge in [0.25, 0.3) is 11.8 Å². The molecular formula is C17H24N2O4. The van der Waals surface area contributed by atoms with Gasteiger partial charge in [-0.3, -0.25) is 9.59 Å². The van der Waals surface area contributed by atoms with E-state index in [-0.39, 0.29) is 18.4 Å². The number of hydrogen-bond donors (Lipinski definition) is 1. The molecule has 0 unspecified atom stereocenters. The Kier molecular flexibility index (Phi) is 4.19. The van der Waals surface area contributed by atoms with Crippen molar-refractivity contribution in [2.45, 2.75) is 45.1 Å². The van der Waals surface area contributed by atoms with Crippen molar-refractivity contribution in [1.82, 2.24) is 10.2 Å². The number of fused-ring (bicyclic) bond motifs is 1. The number of nitrogens with zero attached hydrogens (tertiary/aromatic N) is 1. The Bertz CT molecular complexity index is 637. The zero-order chi connectivity index (χ0) is 16.6. The maximum absolute atomic E-state index is 13.0. The molecular weight excluding hydrogens is 296 g/mol. The van der Waals surface area contributed by atoms with Gasteiger partial charge in [0.05, 0.1) is 18.7 Å². The normalized spacial score (nSPS) is 24.2. The molecule has 0 spiro atoms. The van der Waals surface area contributed by atoms with Gasteiger partial charge in [-0.2, -0.15) is 0 Å². The van der Waals surface area contributed by atoms with Crippen molar-refractivity contribution >= 4 is 11.8 Å². The van der Waals surface area contributed by atoms with Crippen molar-refractivity contribution in [3.8, 4) is 0 Å². The van der Waals surface area contributed by atoms with Crippen LogP contribution in [0.3, 0.4) is 0 Å². The predicted octanol–water partition coefficient (Wildman–Crippen LogP) is 1.44. The highest BCUT2D eigenvalue weighted by atomic mass is 16.5. The fourth-order valence-electron chi connectivity index (χ4n) is 3.59. The Morgan fingerprint density at radius 2 is 2.00 bits per heavy atom. The van der Waals surface area contributed by atoms with Gasteiger partial charge in [-0.1, -0.05) is 0 Å². The first-order chi connectivity index (χ1) is 11.0. The summed E-state index contributed by atoms with van der Waals surface area (Å²) in [5.41, 5.74) is 0.758. The fourth-order valence-corrected chi connectivity index (χ4v) is 3.59. The summed E-state index contributed by atoms with van der Waals surface area (Å²) in [6, 6.07) is 0. The van der Waals surface area contributed by atoms with Gasteiger partial charge in [-0.05, 0) is 33.1 Å². The van der Waals surface area contributed by atoms with E-state index in [1.807, 2.05) is 6.92 Å². The molecule has 1 aliphatic heterocycles. The summed E-state index contributed by atoms with van der Waals surface area (Å²) in [6.45, 7) is 4.68. The lowest BCUT2D eigenvalue weighted by atomic mass is 9.93. The lowest BCUT2D eigenvalue weighted by Crippen LogP contribution is -2.58. The Hall–Kier alpha value is -1.82. The molecule has 1 aromatic rings. The first-order valence-corrected chi connectivity index (χ1v) is 8.23. The fraction of sp³-hybridized carbons (Fsp3) is 0.647. The van der Waals surface area contributed by atoms with Gasteiger partial charge in [0.15, 0.2) is 5.60 Å². The van der Waals surface area contributed by atoms with Crippen LogP contribution < -0.4 is 5.32 Å². The third kappa shape index (κ3) is 2.76. The largest absolute Gasteiger partial charge is 0.465 e. The molecule has 0 aromatic carbocycles. The smallest absolute Gasteiger partial charge is 0.257 e. The second kappa shape index (κ2) is 6.00. The average Bonchev–Trinajstić information content (AvgIpc) is 2.89. The average molecular weight is 320 g/mol. The molecule has 6 nitrogen and oxygen atoms in total. The highest BCUT2D eigenvalue weighted by molar-refractivity contribution is 5.98.